The predicted octanol–water partition coefficient (Wildman–Crippen LogP) is 0.166. The van der Waals surface area contributed by atoms with Crippen LogP contribution in [-0.2, 0) is 30.6 Å². The maximum Gasteiger partial charge on any atom is 0.405 e. The molecule has 0 heterocycles. The Labute approximate surface area is 184 Å². The number of nitrogens with two attached hydrogens (primary N) is 1. The molecule has 0 spiro atoms. The third-order valence-corrected chi connectivity index (χ3v) is 6.13. The van der Waals surface area contributed by atoms with Crippen LogP contribution in [0.5, 0.6) is 5.75 Å². The number of nitrogens with one attached hydrogen (secondary N) is 2. The Balaban J connectivity index is 2.22. The third-order valence-electron chi connectivity index (χ3n) is 4.36. The molecule has 0 aliphatic heterocycles. The molecule has 3 amide bonds. The number of amides is 3. The van der Waals surface area contributed by atoms with Gasteiger partial charge in [-0.1, -0.05) is 30.3 Å². The zero-order valence-corrected chi connectivity index (χ0v) is 17.9. The van der Waals surface area contributed by atoms with Crippen molar-refractivity contribution in [2.24, 2.45) is 5.73 Å². The van der Waals surface area contributed by atoms with Crippen LogP contribution in [0.4, 0.5) is 4.79 Å². The smallest absolute Gasteiger partial charge is 0.405 e. The number of ether oxygens (including phenoxy) is 2. The fraction of sp³-hybridized carbons (Fsp3) is 0.250. The Bertz CT molecular complexity index is 1040. The maximum atomic E-state index is 12.7. The number of primary amides is 1. The first-order valence-corrected chi connectivity index (χ1v) is 10.9. The monoisotopic (exact) mass is 465 g/mol. The number of methoxy groups -OCH3 is 1. The van der Waals surface area contributed by atoms with Gasteiger partial charge >= 0.3 is 6.09 Å². The molecule has 2 aromatic carbocycles. The zero-order chi connectivity index (χ0) is 23.7. The Morgan fingerprint density at radius 3 is 2.19 bits per heavy atom. The van der Waals surface area contributed by atoms with Crippen molar-refractivity contribution in [3.63, 3.8) is 0 Å². The summed E-state index contributed by atoms with van der Waals surface area (Å²) in [6.45, 7) is 0. The van der Waals surface area contributed by atoms with Crippen molar-refractivity contribution in [1.82, 2.24) is 10.8 Å². The normalized spacial score (nSPS) is 12.8. The van der Waals surface area contributed by atoms with E-state index < -0.39 is 45.6 Å². The average molecular weight is 465 g/mol. The lowest BCUT2D eigenvalue weighted by Crippen LogP contribution is -2.53. The molecule has 172 valence electrons. The highest BCUT2D eigenvalue weighted by atomic mass is 32.2. The number of carbonyl (C=O) groups is 3. The topological polar surface area (TPSA) is 174 Å². The number of carbonyl (C=O) groups excluding carboxylic acids is 3. The Morgan fingerprint density at radius 2 is 1.66 bits per heavy atom. The van der Waals surface area contributed by atoms with Crippen molar-refractivity contribution in [1.29, 1.82) is 0 Å². The summed E-state index contributed by atoms with van der Waals surface area (Å²) in [4.78, 5) is 35.9. The van der Waals surface area contributed by atoms with Crippen molar-refractivity contribution >= 4 is 27.7 Å². The van der Waals surface area contributed by atoms with Gasteiger partial charge in [0.1, 0.15) is 11.8 Å². The van der Waals surface area contributed by atoms with Crippen LogP contribution in [0.1, 0.15) is 5.56 Å². The minimum Gasteiger partial charge on any atom is -0.497 e. The lowest BCUT2D eigenvalue weighted by atomic mass is 10.1. The molecule has 5 N–H and O–H groups in total. The highest BCUT2D eigenvalue weighted by Crippen LogP contribution is 2.17. The van der Waals surface area contributed by atoms with E-state index in [9.17, 15) is 22.8 Å². The number of rotatable bonds is 10. The van der Waals surface area contributed by atoms with Gasteiger partial charge in [-0.3, -0.25) is 14.8 Å². The molecule has 0 aliphatic rings. The first-order chi connectivity index (χ1) is 15.2. The van der Waals surface area contributed by atoms with E-state index in [1.165, 1.54) is 36.9 Å². The van der Waals surface area contributed by atoms with Gasteiger partial charge in [-0.15, -0.1) is 0 Å². The van der Waals surface area contributed by atoms with Gasteiger partial charge in [-0.25, -0.2) is 18.7 Å². The molecule has 2 atom stereocenters. The SMILES string of the molecule is COc1ccc(S(=O)(=O)CC(NC(=O)C(Cc2ccccc2)OC(N)=O)C(=O)NO)cc1. The van der Waals surface area contributed by atoms with E-state index >= 15 is 0 Å². The first-order valence-electron chi connectivity index (χ1n) is 9.27. The summed E-state index contributed by atoms with van der Waals surface area (Å²) >= 11 is 0. The summed E-state index contributed by atoms with van der Waals surface area (Å²) in [5, 5.41) is 11.2. The molecule has 0 aliphatic carbocycles. The van der Waals surface area contributed by atoms with Crippen LogP contribution in [0.15, 0.2) is 59.5 Å². The van der Waals surface area contributed by atoms with E-state index in [2.05, 4.69) is 5.32 Å². The van der Waals surface area contributed by atoms with Crippen molar-refractivity contribution in [2.75, 3.05) is 12.9 Å². The lowest BCUT2D eigenvalue weighted by molar-refractivity contribution is -0.137. The number of sulfone groups is 1. The standard InChI is InChI=1S/C20H23N3O8S/c1-30-14-7-9-15(10-8-14)32(28,29)12-16(18(24)23-27)22-19(25)17(31-20(21)26)11-13-5-3-2-4-6-13/h2-10,16-17,27H,11-12H2,1H3,(H2,21,26)(H,22,25)(H,23,24). The molecule has 2 rings (SSSR count). The van der Waals surface area contributed by atoms with Gasteiger partial charge in [0.2, 0.25) is 0 Å². The molecule has 0 aromatic heterocycles. The molecule has 0 radical (unpaired) electrons. The zero-order valence-electron chi connectivity index (χ0n) is 17.1. The average Bonchev–Trinajstić information content (AvgIpc) is 2.77. The first kappa shape index (κ1) is 24.6. The second-order valence-corrected chi connectivity index (χ2v) is 8.64. The van der Waals surface area contributed by atoms with Crippen LogP contribution in [0, 0.1) is 0 Å². The largest absolute Gasteiger partial charge is 0.497 e. The molecule has 0 saturated heterocycles. The van der Waals surface area contributed by atoms with Gasteiger partial charge in [0.25, 0.3) is 11.8 Å². The quantitative estimate of drug-likeness (QED) is 0.284. The molecule has 32 heavy (non-hydrogen) atoms. The van der Waals surface area contributed by atoms with Crippen molar-refractivity contribution < 1.29 is 37.5 Å². The Kier molecular flexibility index (Phi) is 8.55. The van der Waals surface area contributed by atoms with Gasteiger partial charge in [0.05, 0.1) is 17.8 Å². The van der Waals surface area contributed by atoms with Gasteiger partial charge in [0, 0.05) is 6.42 Å². The lowest BCUT2D eigenvalue weighted by Gasteiger charge is -2.21. The van der Waals surface area contributed by atoms with Gasteiger partial charge in [-0.05, 0) is 29.8 Å². The fourth-order valence-corrected chi connectivity index (χ4v) is 4.20. The van der Waals surface area contributed by atoms with E-state index in [1.807, 2.05) is 0 Å². The molecule has 0 fully saturated rings. The predicted molar refractivity (Wildman–Crippen MR) is 112 cm³/mol. The van der Waals surface area contributed by atoms with Crippen LogP contribution in [0.2, 0.25) is 0 Å². The molecule has 0 bridgehead atoms. The summed E-state index contributed by atoms with van der Waals surface area (Å²) in [5.74, 6) is -2.58. The molecule has 2 aromatic rings. The van der Waals surface area contributed by atoms with E-state index in [-0.39, 0.29) is 11.3 Å². The molecular formula is C20H23N3O8S. The number of hydrogen-bond donors (Lipinski definition) is 4. The van der Waals surface area contributed by atoms with Crippen molar-refractivity contribution in [2.45, 2.75) is 23.5 Å². The molecule has 0 saturated carbocycles. The highest BCUT2D eigenvalue weighted by Gasteiger charge is 2.32. The minimum atomic E-state index is -4.07. The van der Waals surface area contributed by atoms with Gasteiger partial charge in [-0.2, -0.15) is 0 Å². The summed E-state index contributed by atoms with van der Waals surface area (Å²) in [7, 11) is -2.65. The van der Waals surface area contributed by atoms with E-state index in [0.717, 1.165) is 0 Å². The van der Waals surface area contributed by atoms with Gasteiger partial charge in [0.15, 0.2) is 15.9 Å². The fourth-order valence-electron chi connectivity index (χ4n) is 2.78. The van der Waals surface area contributed by atoms with Crippen LogP contribution in [0.25, 0.3) is 0 Å². The summed E-state index contributed by atoms with van der Waals surface area (Å²) < 4.78 is 35.3. The molecule has 2 unspecified atom stereocenters. The number of hydroxylamine groups is 1. The highest BCUT2D eigenvalue weighted by molar-refractivity contribution is 7.91. The molecular weight excluding hydrogens is 442 g/mol. The summed E-state index contributed by atoms with van der Waals surface area (Å²) in [5.41, 5.74) is 6.99. The van der Waals surface area contributed by atoms with Crippen molar-refractivity contribution in [3.05, 3.63) is 60.2 Å². The summed E-state index contributed by atoms with van der Waals surface area (Å²) in [6, 6.07) is 12.2. The van der Waals surface area contributed by atoms with Gasteiger partial charge < -0.3 is 20.5 Å². The number of hydrogen-bond acceptors (Lipinski definition) is 8. The van der Waals surface area contributed by atoms with E-state index in [1.54, 1.807) is 30.3 Å². The van der Waals surface area contributed by atoms with Crippen molar-refractivity contribution in [3.8, 4) is 5.75 Å². The van der Waals surface area contributed by atoms with Crippen LogP contribution >= 0.6 is 0 Å². The number of benzene rings is 2. The minimum absolute atomic E-state index is 0.0751. The second kappa shape index (κ2) is 11.1. The Morgan fingerprint density at radius 1 is 1.03 bits per heavy atom. The third kappa shape index (κ3) is 6.96. The molecule has 12 heteroatoms. The summed E-state index contributed by atoms with van der Waals surface area (Å²) in [6.07, 6.45) is -2.74. The molecule has 11 nitrogen and oxygen atoms in total. The second-order valence-electron chi connectivity index (χ2n) is 6.61. The maximum absolute atomic E-state index is 12.7. The Hall–Kier alpha value is -3.64. The van der Waals surface area contributed by atoms with Crippen LogP contribution in [-0.4, -0.2) is 56.5 Å². The van der Waals surface area contributed by atoms with Crippen LogP contribution < -0.4 is 21.3 Å². The van der Waals surface area contributed by atoms with E-state index in [4.69, 9.17) is 20.4 Å². The van der Waals surface area contributed by atoms with Crippen LogP contribution in [0.3, 0.4) is 0 Å². The van der Waals surface area contributed by atoms with E-state index in [0.29, 0.717) is 11.3 Å².